The van der Waals surface area contributed by atoms with Crippen LogP contribution in [0.3, 0.4) is 0 Å². The Bertz CT molecular complexity index is 723. The lowest BCUT2D eigenvalue weighted by Crippen LogP contribution is -2.46. The Morgan fingerprint density at radius 1 is 0.897 bits per heavy atom. The maximum Gasteiger partial charge on any atom is 0.172 e. The lowest BCUT2D eigenvalue weighted by Gasteiger charge is -2.46. The van der Waals surface area contributed by atoms with E-state index in [2.05, 4.69) is 32.6 Å². The predicted octanol–water partition coefficient (Wildman–Crippen LogP) is 5.30. The van der Waals surface area contributed by atoms with E-state index >= 15 is 0 Å². The molecule has 4 heteroatoms. The van der Waals surface area contributed by atoms with Crippen LogP contribution in [0, 0.1) is 17.3 Å². The topological polar surface area (TPSA) is 36.9 Å². The minimum atomic E-state index is -0.397. The number of allylic oxidation sites excluding steroid dienone is 4. The van der Waals surface area contributed by atoms with Crippen LogP contribution in [0.5, 0.6) is 0 Å². The molecule has 3 atom stereocenters. The van der Waals surface area contributed by atoms with Gasteiger partial charge >= 0.3 is 0 Å². The van der Waals surface area contributed by atoms with E-state index in [1.807, 2.05) is 0 Å². The highest BCUT2D eigenvalue weighted by Crippen LogP contribution is 2.61. The van der Waals surface area contributed by atoms with Crippen LogP contribution < -0.4 is 0 Å². The summed E-state index contributed by atoms with van der Waals surface area (Å²) in [5.74, 6) is 0.321. The van der Waals surface area contributed by atoms with Crippen LogP contribution in [-0.2, 0) is 18.9 Å². The van der Waals surface area contributed by atoms with Gasteiger partial charge in [-0.3, -0.25) is 0 Å². The third-order valence-corrected chi connectivity index (χ3v) is 8.49. The molecular weight excluding hydrogens is 364 g/mol. The Hall–Kier alpha value is -0.940. The van der Waals surface area contributed by atoms with Gasteiger partial charge in [0.2, 0.25) is 0 Å². The van der Waals surface area contributed by atoms with Crippen molar-refractivity contribution >= 4 is 0 Å². The van der Waals surface area contributed by atoms with Gasteiger partial charge in [-0.05, 0) is 62.4 Å². The molecule has 0 radical (unpaired) electrons. The fraction of sp³-hybridized carbons (Fsp3) is 0.760. The maximum atomic E-state index is 6.10. The van der Waals surface area contributed by atoms with Crippen LogP contribution in [0.1, 0.15) is 65.2 Å². The smallest absolute Gasteiger partial charge is 0.172 e. The molecule has 3 aliphatic carbocycles. The van der Waals surface area contributed by atoms with Crippen molar-refractivity contribution < 1.29 is 18.9 Å². The van der Waals surface area contributed by atoms with Crippen molar-refractivity contribution in [1.29, 1.82) is 0 Å². The SMILES string of the molecule is C=C1CCC2(C/C1=C/C=C1CCC[C@]3(C)[C@@H](C4(C)OCCO4)CC[C@@H]13)OCCO2. The second-order valence-corrected chi connectivity index (χ2v) is 10.1. The molecule has 0 aromatic rings. The quantitative estimate of drug-likeness (QED) is 0.630. The standard InChI is InChI=1S/C25H36O4/c1-18-10-12-25(28-15-16-29-25)17-20(18)7-6-19-5-4-11-23(2)21(19)8-9-22(23)24(3)26-13-14-27-24/h6-7,21-22H,1,4-5,8-17H2,2-3H3/b19-6?,20-7-/t21-,22-,23-/m0/s1. The van der Waals surface area contributed by atoms with Crippen LogP contribution in [0.4, 0.5) is 0 Å². The molecule has 0 amide bonds. The Morgan fingerprint density at radius 3 is 2.38 bits per heavy atom. The summed E-state index contributed by atoms with van der Waals surface area (Å²) in [7, 11) is 0. The molecule has 2 aliphatic heterocycles. The van der Waals surface area contributed by atoms with E-state index < -0.39 is 11.6 Å². The molecule has 0 bridgehead atoms. The zero-order valence-electron chi connectivity index (χ0n) is 18.1. The third-order valence-electron chi connectivity index (χ3n) is 8.49. The number of hydrogen-bond acceptors (Lipinski definition) is 4. The van der Waals surface area contributed by atoms with E-state index in [-0.39, 0.29) is 5.41 Å². The summed E-state index contributed by atoms with van der Waals surface area (Å²) >= 11 is 0. The van der Waals surface area contributed by atoms with Crippen molar-refractivity contribution in [2.75, 3.05) is 26.4 Å². The average molecular weight is 401 g/mol. The lowest BCUT2D eigenvalue weighted by atomic mass is 9.62. The third kappa shape index (κ3) is 3.37. The number of ether oxygens (including phenoxy) is 4. The molecule has 5 fully saturated rings. The molecule has 0 aromatic heterocycles. The van der Waals surface area contributed by atoms with E-state index in [1.165, 1.54) is 43.3 Å². The summed E-state index contributed by atoms with van der Waals surface area (Å²) in [6.07, 6.45) is 13.6. The summed E-state index contributed by atoms with van der Waals surface area (Å²) in [6, 6.07) is 0. The molecule has 1 spiro atoms. The minimum Gasteiger partial charge on any atom is -0.348 e. The first-order valence-corrected chi connectivity index (χ1v) is 11.6. The molecule has 5 rings (SSSR count). The molecule has 0 N–H and O–H groups in total. The first-order valence-electron chi connectivity index (χ1n) is 11.6. The highest BCUT2D eigenvalue weighted by molar-refractivity contribution is 5.37. The zero-order chi connectivity index (χ0) is 20.1. The van der Waals surface area contributed by atoms with Gasteiger partial charge in [-0.2, -0.15) is 0 Å². The maximum absolute atomic E-state index is 6.10. The summed E-state index contributed by atoms with van der Waals surface area (Å²) in [5, 5.41) is 0. The Labute approximate surface area is 175 Å². The van der Waals surface area contributed by atoms with Gasteiger partial charge < -0.3 is 18.9 Å². The normalized spacial score (nSPS) is 41.5. The summed E-state index contributed by atoms with van der Waals surface area (Å²) in [4.78, 5) is 0. The molecular formula is C25H36O4. The van der Waals surface area contributed by atoms with E-state index in [9.17, 15) is 0 Å². The Morgan fingerprint density at radius 2 is 1.62 bits per heavy atom. The van der Waals surface area contributed by atoms with Gasteiger partial charge in [0.05, 0.1) is 26.4 Å². The first kappa shape index (κ1) is 20.0. The van der Waals surface area contributed by atoms with Crippen LogP contribution in [0.25, 0.3) is 0 Å². The second kappa shape index (κ2) is 7.33. The largest absolute Gasteiger partial charge is 0.348 e. The zero-order valence-corrected chi connectivity index (χ0v) is 18.1. The molecule has 2 saturated heterocycles. The van der Waals surface area contributed by atoms with E-state index in [1.54, 1.807) is 5.57 Å². The molecule has 2 heterocycles. The summed E-state index contributed by atoms with van der Waals surface area (Å²) < 4.78 is 24.1. The Balaban J connectivity index is 1.38. The van der Waals surface area contributed by atoms with Crippen molar-refractivity contribution in [3.63, 3.8) is 0 Å². The first-order chi connectivity index (χ1) is 13.9. The van der Waals surface area contributed by atoms with Gasteiger partial charge in [-0.15, -0.1) is 0 Å². The van der Waals surface area contributed by atoms with Crippen molar-refractivity contribution in [3.8, 4) is 0 Å². The lowest BCUT2D eigenvalue weighted by molar-refractivity contribution is -0.206. The molecule has 3 saturated carbocycles. The fourth-order valence-electron chi connectivity index (χ4n) is 6.97. The molecule has 160 valence electrons. The van der Waals surface area contributed by atoms with Crippen LogP contribution in [0.2, 0.25) is 0 Å². The van der Waals surface area contributed by atoms with Crippen LogP contribution in [-0.4, -0.2) is 38.0 Å². The highest BCUT2D eigenvalue weighted by atomic mass is 16.7. The van der Waals surface area contributed by atoms with E-state index in [0.29, 0.717) is 25.0 Å². The van der Waals surface area contributed by atoms with Crippen molar-refractivity contribution in [1.82, 2.24) is 0 Å². The van der Waals surface area contributed by atoms with Gasteiger partial charge in [0.1, 0.15) is 0 Å². The van der Waals surface area contributed by atoms with Gasteiger partial charge in [-0.25, -0.2) is 0 Å². The molecule has 29 heavy (non-hydrogen) atoms. The number of rotatable bonds is 2. The second-order valence-electron chi connectivity index (χ2n) is 10.1. The van der Waals surface area contributed by atoms with E-state index in [4.69, 9.17) is 18.9 Å². The van der Waals surface area contributed by atoms with Crippen molar-refractivity contribution in [2.45, 2.75) is 76.8 Å². The monoisotopic (exact) mass is 400 g/mol. The highest BCUT2D eigenvalue weighted by Gasteiger charge is 2.57. The Kier molecular flexibility index (Phi) is 5.05. The molecule has 0 aromatic carbocycles. The van der Waals surface area contributed by atoms with Crippen molar-refractivity contribution in [3.05, 3.63) is 35.5 Å². The number of hydrogen-bond donors (Lipinski definition) is 0. The van der Waals surface area contributed by atoms with E-state index in [0.717, 1.165) is 32.5 Å². The summed E-state index contributed by atoms with van der Waals surface area (Å²) in [5.41, 5.74) is 4.43. The van der Waals surface area contributed by atoms with Gasteiger partial charge in [0.15, 0.2) is 11.6 Å². The fourth-order valence-corrected chi connectivity index (χ4v) is 6.97. The van der Waals surface area contributed by atoms with Gasteiger partial charge in [0, 0.05) is 18.8 Å². The average Bonchev–Trinajstić information content (AvgIpc) is 3.42. The summed E-state index contributed by atoms with van der Waals surface area (Å²) in [6.45, 7) is 11.9. The number of fused-ring (bicyclic) bond motifs is 1. The molecule has 0 unspecified atom stereocenters. The van der Waals surface area contributed by atoms with Crippen LogP contribution >= 0.6 is 0 Å². The van der Waals surface area contributed by atoms with Crippen molar-refractivity contribution in [2.24, 2.45) is 17.3 Å². The predicted molar refractivity (Wildman–Crippen MR) is 112 cm³/mol. The van der Waals surface area contributed by atoms with Crippen LogP contribution in [0.15, 0.2) is 35.5 Å². The van der Waals surface area contributed by atoms with Gasteiger partial charge in [-0.1, -0.05) is 36.8 Å². The minimum absolute atomic E-state index is 0.268. The van der Waals surface area contributed by atoms with Gasteiger partial charge in [0.25, 0.3) is 0 Å². The molecule has 4 nitrogen and oxygen atoms in total. The molecule has 5 aliphatic rings.